The molecular weight excluding hydrogens is 394 g/mol. The van der Waals surface area contributed by atoms with Crippen LogP contribution in [0.3, 0.4) is 0 Å². The first-order valence-electron chi connectivity index (χ1n) is 8.12. The van der Waals surface area contributed by atoms with Crippen molar-refractivity contribution in [3.05, 3.63) is 29.4 Å². The fraction of sp³-hybridized carbons (Fsp3) is 0.375. The molecule has 3 rings (SSSR count). The first-order chi connectivity index (χ1) is 12.8. The number of anilines is 2. The van der Waals surface area contributed by atoms with Gasteiger partial charge in [-0.2, -0.15) is 9.29 Å². The minimum Gasteiger partial charge on any atom is -0.497 e. The first kappa shape index (κ1) is 19.5. The fourth-order valence-electron chi connectivity index (χ4n) is 2.87. The summed E-state index contributed by atoms with van der Waals surface area (Å²) in [5.41, 5.74) is 5.63. The molecule has 0 bridgehead atoms. The van der Waals surface area contributed by atoms with Crippen LogP contribution >= 0.6 is 11.6 Å². The van der Waals surface area contributed by atoms with Gasteiger partial charge in [0.2, 0.25) is 16.0 Å². The molecule has 0 amide bonds. The maximum atomic E-state index is 13.1. The minimum absolute atomic E-state index is 0.0760. The van der Waals surface area contributed by atoms with Crippen LogP contribution in [0.5, 0.6) is 11.5 Å². The summed E-state index contributed by atoms with van der Waals surface area (Å²) in [6.45, 7) is 1.45. The van der Waals surface area contributed by atoms with Gasteiger partial charge in [0.15, 0.2) is 0 Å². The third kappa shape index (κ3) is 4.02. The zero-order valence-electron chi connectivity index (χ0n) is 14.9. The lowest BCUT2D eigenvalue weighted by atomic mass is 10.3. The van der Waals surface area contributed by atoms with Crippen LogP contribution < -0.4 is 20.1 Å². The largest absolute Gasteiger partial charge is 0.497 e. The average Bonchev–Trinajstić information content (AvgIpc) is 2.66. The van der Waals surface area contributed by atoms with Crippen LogP contribution in [0, 0.1) is 0 Å². The molecule has 0 saturated carbocycles. The molecule has 1 saturated heterocycles. The van der Waals surface area contributed by atoms with E-state index < -0.39 is 10.0 Å². The van der Waals surface area contributed by atoms with Gasteiger partial charge in [-0.1, -0.05) is 11.6 Å². The Bertz CT molecular complexity index is 912. The Labute approximate surface area is 162 Å². The maximum Gasteiger partial charge on any atom is 0.247 e. The van der Waals surface area contributed by atoms with E-state index in [0.29, 0.717) is 24.7 Å². The average molecular weight is 414 g/mol. The summed E-state index contributed by atoms with van der Waals surface area (Å²) >= 11 is 5.92. The van der Waals surface area contributed by atoms with Gasteiger partial charge in [-0.3, -0.25) is 0 Å². The number of rotatable bonds is 5. The topological polar surface area (TPSA) is 111 Å². The number of ether oxygens (including phenoxy) is 2. The summed E-state index contributed by atoms with van der Waals surface area (Å²) in [4.78, 5) is 9.98. The molecule has 1 aromatic carbocycles. The van der Waals surface area contributed by atoms with E-state index in [9.17, 15) is 8.42 Å². The van der Waals surface area contributed by atoms with E-state index in [1.807, 2.05) is 4.90 Å². The zero-order chi connectivity index (χ0) is 19.6. The summed E-state index contributed by atoms with van der Waals surface area (Å²) in [5.74, 6) is 1.37. The Morgan fingerprint density at radius 2 is 1.78 bits per heavy atom. The minimum atomic E-state index is -3.74. The van der Waals surface area contributed by atoms with E-state index in [2.05, 4.69) is 9.97 Å². The van der Waals surface area contributed by atoms with Crippen LogP contribution in [0.2, 0.25) is 5.15 Å². The van der Waals surface area contributed by atoms with Gasteiger partial charge in [-0.15, -0.1) is 0 Å². The summed E-state index contributed by atoms with van der Waals surface area (Å²) in [7, 11) is -0.827. The molecule has 0 unspecified atom stereocenters. The van der Waals surface area contributed by atoms with E-state index in [4.69, 9.17) is 26.8 Å². The first-order valence-corrected chi connectivity index (χ1v) is 9.94. The molecule has 1 aliphatic heterocycles. The SMILES string of the molecule is COc1ccc(OC)c(S(=O)(=O)N2CCN(c3cc(Cl)nc(N)n3)CC2)c1. The van der Waals surface area contributed by atoms with E-state index in [-0.39, 0.29) is 34.8 Å². The number of nitrogen functional groups attached to an aromatic ring is 1. The van der Waals surface area contributed by atoms with Crippen molar-refractivity contribution in [3.63, 3.8) is 0 Å². The Balaban J connectivity index is 1.81. The number of halogens is 1. The number of methoxy groups -OCH3 is 2. The Morgan fingerprint density at radius 3 is 2.37 bits per heavy atom. The molecule has 2 N–H and O–H groups in total. The van der Waals surface area contributed by atoms with Gasteiger partial charge in [0, 0.05) is 38.3 Å². The van der Waals surface area contributed by atoms with Gasteiger partial charge in [-0.05, 0) is 12.1 Å². The predicted molar refractivity (Wildman–Crippen MR) is 102 cm³/mol. The number of sulfonamides is 1. The van der Waals surface area contributed by atoms with Crippen LogP contribution in [0.25, 0.3) is 0 Å². The molecule has 11 heteroatoms. The lowest BCUT2D eigenvalue weighted by Gasteiger charge is -2.34. The molecule has 9 nitrogen and oxygen atoms in total. The summed E-state index contributed by atoms with van der Waals surface area (Å²) < 4.78 is 38.0. The zero-order valence-corrected chi connectivity index (χ0v) is 16.5. The van der Waals surface area contributed by atoms with Crippen molar-refractivity contribution in [2.24, 2.45) is 0 Å². The van der Waals surface area contributed by atoms with Crippen molar-refractivity contribution in [2.45, 2.75) is 4.90 Å². The van der Waals surface area contributed by atoms with E-state index >= 15 is 0 Å². The van der Waals surface area contributed by atoms with Gasteiger partial charge in [-0.25, -0.2) is 13.4 Å². The number of nitrogens with zero attached hydrogens (tertiary/aromatic N) is 4. The molecule has 1 aromatic heterocycles. The molecular formula is C16H20ClN5O4S. The molecule has 0 spiro atoms. The number of hydrogen-bond acceptors (Lipinski definition) is 8. The van der Waals surface area contributed by atoms with Gasteiger partial charge >= 0.3 is 0 Å². The summed E-state index contributed by atoms with van der Waals surface area (Å²) in [5, 5.41) is 0.244. The Morgan fingerprint density at radius 1 is 1.07 bits per heavy atom. The van der Waals surface area contributed by atoms with Gasteiger partial charge in [0.05, 0.1) is 14.2 Å². The molecule has 2 heterocycles. The second-order valence-corrected chi connectivity index (χ2v) is 8.11. The highest BCUT2D eigenvalue weighted by atomic mass is 35.5. The quantitative estimate of drug-likeness (QED) is 0.729. The highest BCUT2D eigenvalue weighted by Gasteiger charge is 2.31. The monoisotopic (exact) mass is 413 g/mol. The predicted octanol–water partition coefficient (Wildman–Crippen LogP) is 1.24. The standard InChI is InChI=1S/C16H20ClN5O4S/c1-25-11-3-4-12(26-2)13(9-11)27(23,24)22-7-5-21(6-8-22)15-10-14(17)19-16(18)20-15/h3-4,9-10H,5-8H2,1-2H3,(H2,18,19,20). The van der Waals surface area contributed by atoms with Crippen LogP contribution in [0.15, 0.2) is 29.2 Å². The number of piperazine rings is 1. The van der Waals surface area contributed by atoms with Crippen molar-refractivity contribution in [1.29, 1.82) is 0 Å². The molecule has 2 aromatic rings. The fourth-order valence-corrected chi connectivity index (χ4v) is 4.64. The van der Waals surface area contributed by atoms with Crippen LogP contribution in [0.4, 0.5) is 11.8 Å². The van der Waals surface area contributed by atoms with Gasteiger partial charge in [0.1, 0.15) is 27.4 Å². The summed E-state index contributed by atoms with van der Waals surface area (Å²) in [6.07, 6.45) is 0. The van der Waals surface area contributed by atoms with Crippen molar-refractivity contribution in [2.75, 3.05) is 51.0 Å². The van der Waals surface area contributed by atoms with Gasteiger partial charge < -0.3 is 20.1 Å². The smallest absolute Gasteiger partial charge is 0.247 e. The molecule has 0 radical (unpaired) electrons. The van der Waals surface area contributed by atoms with Crippen LogP contribution in [0.1, 0.15) is 0 Å². The Kier molecular flexibility index (Phi) is 5.59. The van der Waals surface area contributed by atoms with Crippen LogP contribution in [-0.2, 0) is 10.0 Å². The third-order valence-electron chi connectivity index (χ3n) is 4.25. The molecule has 146 valence electrons. The van der Waals surface area contributed by atoms with Crippen molar-refractivity contribution in [3.8, 4) is 11.5 Å². The number of hydrogen-bond donors (Lipinski definition) is 1. The highest BCUT2D eigenvalue weighted by Crippen LogP contribution is 2.31. The second-order valence-electron chi connectivity index (χ2n) is 5.81. The van der Waals surface area contributed by atoms with E-state index in [1.165, 1.54) is 24.6 Å². The van der Waals surface area contributed by atoms with E-state index in [0.717, 1.165) is 0 Å². The maximum absolute atomic E-state index is 13.1. The van der Waals surface area contributed by atoms with Crippen molar-refractivity contribution < 1.29 is 17.9 Å². The number of nitrogens with two attached hydrogens (primary N) is 1. The number of aromatic nitrogens is 2. The molecule has 0 atom stereocenters. The van der Waals surface area contributed by atoms with Gasteiger partial charge in [0.25, 0.3) is 0 Å². The third-order valence-corrected chi connectivity index (χ3v) is 6.36. The lowest BCUT2D eigenvalue weighted by molar-refractivity contribution is 0.370. The Hall–Kier alpha value is -2.30. The molecule has 0 aliphatic carbocycles. The van der Waals surface area contributed by atoms with Crippen molar-refractivity contribution >= 4 is 33.4 Å². The molecule has 1 aliphatic rings. The molecule has 1 fully saturated rings. The molecule has 27 heavy (non-hydrogen) atoms. The normalized spacial score (nSPS) is 15.6. The summed E-state index contributed by atoms with van der Waals surface area (Å²) in [6, 6.07) is 6.30. The van der Waals surface area contributed by atoms with E-state index in [1.54, 1.807) is 18.2 Å². The van der Waals surface area contributed by atoms with Crippen molar-refractivity contribution in [1.82, 2.24) is 14.3 Å². The second kappa shape index (κ2) is 7.75. The van der Waals surface area contributed by atoms with Crippen LogP contribution in [-0.4, -0.2) is 63.1 Å². The lowest BCUT2D eigenvalue weighted by Crippen LogP contribution is -2.49. The highest BCUT2D eigenvalue weighted by molar-refractivity contribution is 7.89. The number of benzene rings is 1.